The van der Waals surface area contributed by atoms with Gasteiger partial charge in [0.1, 0.15) is 34.5 Å². The first-order valence-corrected chi connectivity index (χ1v) is 43.9. The Labute approximate surface area is 733 Å². The van der Waals surface area contributed by atoms with Crippen molar-refractivity contribution < 1.29 is 14.2 Å². The zero-order valence-electron chi connectivity index (χ0n) is 73.7. The summed E-state index contributed by atoms with van der Waals surface area (Å²) >= 11 is 0. The summed E-state index contributed by atoms with van der Waals surface area (Å²) in [6.45, 7) is 33.8. The summed E-state index contributed by atoms with van der Waals surface area (Å²) in [5, 5.41) is 0. The Kier molecular flexibility index (Phi) is 19.2. The third-order valence-corrected chi connectivity index (χ3v) is 25.8. The van der Waals surface area contributed by atoms with Gasteiger partial charge < -0.3 is 28.9 Å². The zero-order valence-corrected chi connectivity index (χ0v) is 73.7. The van der Waals surface area contributed by atoms with Gasteiger partial charge >= 0.3 is 0 Å². The van der Waals surface area contributed by atoms with Crippen LogP contribution in [0.25, 0.3) is 66.8 Å². The predicted octanol–water partition coefficient (Wildman–Crippen LogP) is 28.2. The molecule has 0 aliphatic carbocycles. The third kappa shape index (κ3) is 14.3. The molecule has 0 unspecified atom stereocenters. The van der Waals surface area contributed by atoms with Crippen molar-refractivity contribution in [2.45, 2.75) is 131 Å². The predicted molar refractivity (Wildman–Crippen MR) is 525 cm³/mol. The molecule has 0 N–H and O–H groups in total. The normalized spacial score (nSPS) is 13.1. The zero-order chi connectivity index (χ0) is 85.5. The molecule has 4 heterocycles. The van der Waals surface area contributed by atoms with E-state index in [0.29, 0.717) is 0 Å². The molecule has 16 aromatic carbocycles. The minimum Gasteiger partial charge on any atom is -0.458 e. The van der Waals surface area contributed by atoms with E-state index in [9.17, 15) is 0 Å². The second kappa shape index (κ2) is 30.2. The summed E-state index contributed by atoms with van der Waals surface area (Å²) in [6, 6.07) is 131. The molecule has 4 aliphatic heterocycles. The molecule has 0 amide bonds. The molecule has 6 nitrogen and oxygen atoms in total. The van der Waals surface area contributed by atoms with Crippen molar-refractivity contribution in [1.29, 1.82) is 0 Å². The van der Waals surface area contributed by atoms with Gasteiger partial charge in [0.2, 0.25) is 0 Å². The van der Waals surface area contributed by atoms with Crippen LogP contribution in [-0.2, 0) is 27.1 Å². The van der Waals surface area contributed by atoms with Crippen molar-refractivity contribution in [3.63, 3.8) is 0 Å². The Balaban J connectivity index is 0.826. The highest BCUT2D eigenvalue weighted by Crippen LogP contribution is 2.52. The number of benzene rings is 16. The summed E-state index contributed by atoms with van der Waals surface area (Å²) in [6.07, 6.45) is 0. The molecule has 0 aromatic heterocycles. The average molecular weight is 1610 g/mol. The Morgan fingerprint density at radius 1 is 0.218 bits per heavy atom. The number of hydrogen-bond acceptors (Lipinski definition) is 6. The second-order valence-electron chi connectivity index (χ2n) is 39.3. The lowest BCUT2D eigenvalue weighted by molar-refractivity contribution is 0.465. The van der Waals surface area contributed by atoms with Crippen LogP contribution >= 0.6 is 0 Å². The SMILES string of the molecule is CC(C)(C)c1ccc(N(c2ccc(C(C)(C)C)cc2)c2ccc3c(c2)Oc2cc(-c4cc5c6c(c4)Oc4ccc(-c7ccccc7-c7ccccc7)cc4B6c4cc(-c6ccccc6-c6ccccc6)ccc4O5)cc4c2B3c2ccc(N(c3ccc(C(C)(C)C)cc3)c3ccc(C(C)(C)C)cc3)cc2N4c2ccc(C(C)(C)C)c(-c3ccccc3)c2)cc1. The van der Waals surface area contributed by atoms with Gasteiger partial charge in [-0.1, -0.05) is 334 Å². The average Bonchev–Trinajstić information content (AvgIpc) is 0.700. The first-order chi connectivity index (χ1) is 59.6. The monoisotopic (exact) mass is 1610 g/mol. The van der Waals surface area contributed by atoms with Gasteiger partial charge in [-0.3, -0.25) is 0 Å². The molecular weight excluding hydrogens is 1500 g/mol. The van der Waals surface area contributed by atoms with E-state index < -0.39 is 0 Å². The van der Waals surface area contributed by atoms with E-state index in [0.717, 1.165) is 169 Å². The fraction of sp³-hybridized carbons (Fsp3) is 0.172. The lowest BCUT2D eigenvalue weighted by atomic mass is 9.34. The summed E-state index contributed by atoms with van der Waals surface area (Å²) in [4.78, 5) is 7.39. The highest BCUT2D eigenvalue weighted by Gasteiger charge is 2.46. The van der Waals surface area contributed by atoms with Gasteiger partial charge in [-0.25, -0.2) is 0 Å². The Bertz CT molecular complexity index is 6550. The maximum absolute atomic E-state index is 7.91. The van der Waals surface area contributed by atoms with E-state index >= 15 is 0 Å². The van der Waals surface area contributed by atoms with E-state index in [1.165, 1.54) is 44.5 Å². The molecule has 4 aliphatic rings. The number of nitrogens with zero attached hydrogens (tertiary/aromatic N) is 3. The largest absolute Gasteiger partial charge is 0.458 e. The quantitative estimate of drug-likeness (QED) is 0.107. The molecule has 606 valence electrons. The molecular formula is C116H103B2N3O3. The smallest absolute Gasteiger partial charge is 0.260 e. The molecule has 0 fully saturated rings. The second-order valence-corrected chi connectivity index (χ2v) is 39.3. The van der Waals surface area contributed by atoms with Crippen LogP contribution in [-0.4, -0.2) is 13.4 Å². The number of ether oxygens (including phenoxy) is 3. The lowest BCUT2D eigenvalue weighted by Crippen LogP contribution is -2.59. The fourth-order valence-corrected chi connectivity index (χ4v) is 19.2. The van der Waals surface area contributed by atoms with Gasteiger partial charge in [0.15, 0.2) is 0 Å². The van der Waals surface area contributed by atoms with Gasteiger partial charge in [0.05, 0.1) is 0 Å². The summed E-state index contributed by atoms with van der Waals surface area (Å²) in [5.74, 6) is 4.60. The van der Waals surface area contributed by atoms with Gasteiger partial charge in [0, 0.05) is 62.7 Å². The van der Waals surface area contributed by atoms with Crippen molar-refractivity contribution in [1.82, 2.24) is 0 Å². The summed E-state index contributed by atoms with van der Waals surface area (Å²) in [5.41, 5.74) is 35.0. The van der Waals surface area contributed by atoms with Crippen LogP contribution in [0.15, 0.2) is 352 Å². The van der Waals surface area contributed by atoms with Gasteiger partial charge in [-0.15, -0.1) is 0 Å². The standard InChI is InChI=1S/C116H103B2N3O3/c1-112(2,3)81-41-49-85(50-42-81)119(86-51-43-82(44-52-86)113(4,5)6)90-58-61-98-102(72-90)121(89-57-60-97(116(13,14)15)96(71-89)76-33-23-18-24-34-76)103-67-79(68-107-110(103)117(98)99-62-59-91(73-106(99)124-107)120(87-53-45-83(46-54-87)114(7,8)9)88-55-47-84(48-56-88)115(10,11)12)80-69-108-111-109(70-80)123-105-64-40-78(95-38-28-26-36-93(95)75-31-21-17-22-32-75)66-101(105)118(111)100-65-77(39-63-104(100)122-108)94-37-27-25-35-92(94)74-29-19-16-20-30-74/h16-73H,1-15H3. The Hall–Kier alpha value is -13.6. The highest BCUT2D eigenvalue weighted by atomic mass is 16.5. The van der Waals surface area contributed by atoms with E-state index in [4.69, 9.17) is 14.2 Å². The van der Waals surface area contributed by atoms with E-state index in [-0.39, 0.29) is 40.5 Å². The fourth-order valence-electron chi connectivity index (χ4n) is 19.2. The summed E-state index contributed by atoms with van der Waals surface area (Å²) < 4.78 is 23.0. The lowest BCUT2D eigenvalue weighted by Gasteiger charge is -2.41. The van der Waals surface area contributed by atoms with Crippen molar-refractivity contribution >= 4 is 97.4 Å². The van der Waals surface area contributed by atoms with Crippen LogP contribution in [0, 0.1) is 0 Å². The molecule has 124 heavy (non-hydrogen) atoms. The van der Waals surface area contributed by atoms with E-state index in [1.54, 1.807) is 0 Å². The number of anilines is 9. The van der Waals surface area contributed by atoms with Gasteiger partial charge in [-0.2, -0.15) is 0 Å². The molecule has 0 bridgehead atoms. The van der Waals surface area contributed by atoms with Crippen LogP contribution in [0.2, 0.25) is 0 Å². The minimum absolute atomic E-state index is 0.0405. The number of fused-ring (bicyclic) bond motifs is 8. The number of hydrogen-bond donors (Lipinski definition) is 0. The van der Waals surface area contributed by atoms with Crippen LogP contribution < -0.4 is 61.7 Å². The van der Waals surface area contributed by atoms with E-state index in [1.807, 2.05) is 0 Å². The van der Waals surface area contributed by atoms with Crippen molar-refractivity contribution in [2.24, 2.45) is 0 Å². The van der Waals surface area contributed by atoms with Crippen LogP contribution in [0.3, 0.4) is 0 Å². The van der Waals surface area contributed by atoms with Crippen molar-refractivity contribution in [3.05, 3.63) is 380 Å². The maximum Gasteiger partial charge on any atom is 0.260 e. The Morgan fingerprint density at radius 2 is 0.565 bits per heavy atom. The number of rotatable bonds is 13. The van der Waals surface area contributed by atoms with Crippen LogP contribution in [0.1, 0.15) is 132 Å². The first kappa shape index (κ1) is 79.0. The van der Waals surface area contributed by atoms with Crippen LogP contribution in [0.5, 0.6) is 34.5 Å². The Morgan fingerprint density at radius 3 is 0.976 bits per heavy atom. The minimum atomic E-state index is -0.296. The molecule has 20 rings (SSSR count). The molecule has 0 atom stereocenters. The van der Waals surface area contributed by atoms with Crippen molar-refractivity contribution in [2.75, 3.05) is 14.7 Å². The molecule has 8 heteroatoms. The maximum atomic E-state index is 7.91. The van der Waals surface area contributed by atoms with Crippen LogP contribution in [0.4, 0.5) is 51.2 Å². The molecule has 0 spiro atoms. The highest BCUT2D eigenvalue weighted by molar-refractivity contribution is 6.99. The molecule has 0 radical (unpaired) electrons. The molecule has 16 aromatic rings. The first-order valence-electron chi connectivity index (χ1n) is 43.9. The van der Waals surface area contributed by atoms with Gasteiger partial charge in [-0.05, 0) is 264 Å². The van der Waals surface area contributed by atoms with Gasteiger partial charge in [0.25, 0.3) is 13.4 Å². The third-order valence-electron chi connectivity index (χ3n) is 25.8. The van der Waals surface area contributed by atoms with Crippen molar-refractivity contribution in [3.8, 4) is 101 Å². The summed E-state index contributed by atoms with van der Waals surface area (Å²) in [7, 11) is 0. The molecule has 0 saturated carbocycles. The molecule has 0 saturated heterocycles. The topological polar surface area (TPSA) is 37.4 Å². The van der Waals surface area contributed by atoms with E-state index in [2.05, 4.69) is 470 Å².